The number of phenols is 1. The highest BCUT2D eigenvalue weighted by Crippen LogP contribution is 2.29. The molecule has 7 nitrogen and oxygen atoms in total. The van der Waals surface area contributed by atoms with Crippen molar-refractivity contribution in [1.29, 1.82) is 0 Å². The summed E-state index contributed by atoms with van der Waals surface area (Å²) in [5, 5.41) is 16.0. The van der Waals surface area contributed by atoms with E-state index >= 15 is 0 Å². The first kappa shape index (κ1) is 20.9. The minimum atomic E-state index is -4.47. The van der Waals surface area contributed by atoms with Crippen LogP contribution in [0.15, 0.2) is 58.4 Å². The number of nitrogens with zero attached hydrogens (tertiary/aromatic N) is 2. The predicted molar refractivity (Wildman–Crippen MR) is 104 cm³/mol. The monoisotopic (exact) mass is 418 g/mol. The quantitative estimate of drug-likeness (QED) is 0.448. The molecule has 0 aliphatic heterocycles. The molecule has 1 aromatic heterocycles. The molecule has 0 atom stereocenters. The van der Waals surface area contributed by atoms with Gasteiger partial charge in [0.1, 0.15) is 5.75 Å². The van der Waals surface area contributed by atoms with Crippen LogP contribution in [-0.2, 0) is 6.18 Å². The number of aromatic hydroxyl groups is 1. The van der Waals surface area contributed by atoms with Gasteiger partial charge in [-0.25, -0.2) is 10.1 Å². The van der Waals surface area contributed by atoms with Gasteiger partial charge < -0.3 is 5.11 Å². The Morgan fingerprint density at radius 1 is 1.10 bits per heavy atom. The first-order valence-electron chi connectivity index (χ1n) is 8.71. The number of aromatic nitrogens is 2. The second-order valence-corrected chi connectivity index (χ2v) is 6.48. The third kappa shape index (κ3) is 4.27. The lowest BCUT2D eigenvalue weighted by atomic mass is 10.2. The van der Waals surface area contributed by atoms with Crippen molar-refractivity contribution < 1.29 is 23.1 Å². The molecule has 3 N–H and O–H groups in total. The second kappa shape index (κ2) is 7.90. The summed E-state index contributed by atoms with van der Waals surface area (Å²) in [6.07, 6.45) is -4.47. The van der Waals surface area contributed by atoms with Crippen LogP contribution >= 0.6 is 0 Å². The Morgan fingerprint density at radius 2 is 1.70 bits per heavy atom. The molecule has 156 valence electrons. The smallest absolute Gasteiger partial charge is 0.416 e. The number of benzene rings is 2. The first-order valence-corrected chi connectivity index (χ1v) is 8.71. The summed E-state index contributed by atoms with van der Waals surface area (Å²) in [7, 11) is 0. The average Bonchev–Trinajstić information content (AvgIpc) is 3.00. The van der Waals surface area contributed by atoms with Gasteiger partial charge in [-0.1, -0.05) is 0 Å². The number of hydrogen-bond donors (Lipinski definition) is 3. The highest BCUT2D eigenvalue weighted by Gasteiger charge is 2.30. The summed E-state index contributed by atoms with van der Waals surface area (Å²) in [6, 6.07) is 9.66. The molecule has 0 radical (unpaired) electrons. The lowest BCUT2D eigenvalue weighted by Gasteiger charge is -2.07. The first-order chi connectivity index (χ1) is 14.1. The maximum absolute atomic E-state index is 12.8. The fraction of sp³-hybridized carbons (Fsp3) is 0.150. The van der Waals surface area contributed by atoms with Gasteiger partial charge in [-0.2, -0.15) is 18.3 Å². The van der Waals surface area contributed by atoms with Gasteiger partial charge in [0.25, 0.3) is 11.5 Å². The van der Waals surface area contributed by atoms with Crippen molar-refractivity contribution in [1.82, 2.24) is 15.2 Å². The molecule has 0 spiro atoms. The van der Waals surface area contributed by atoms with Gasteiger partial charge in [-0.3, -0.25) is 14.7 Å². The summed E-state index contributed by atoms with van der Waals surface area (Å²) in [5.41, 5.74) is 2.29. The molecule has 10 heteroatoms. The van der Waals surface area contributed by atoms with Gasteiger partial charge in [-0.05, 0) is 62.4 Å². The van der Waals surface area contributed by atoms with E-state index in [0.29, 0.717) is 5.69 Å². The molecular formula is C20H17F3N4O3. The molecule has 0 saturated carbocycles. The number of hydrazone groups is 1. The van der Waals surface area contributed by atoms with Gasteiger partial charge in [0.15, 0.2) is 0 Å². The van der Waals surface area contributed by atoms with Crippen molar-refractivity contribution in [3.63, 3.8) is 0 Å². The molecule has 0 saturated heterocycles. The molecule has 30 heavy (non-hydrogen) atoms. The van der Waals surface area contributed by atoms with Crippen LogP contribution < -0.4 is 11.0 Å². The number of amides is 1. The molecule has 0 bridgehead atoms. The maximum atomic E-state index is 12.8. The molecule has 3 aromatic rings. The van der Waals surface area contributed by atoms with E-state index in [1.54, 1.807) is 6.92 Å². The summed E-state index contributed by atoms with van der Waals surface area (Å²) >= 11 is 0. The number of aryl methyl sites for hydroxylation is 1. The number of phenolic OH excluding ortho intramolecular Hbond substituents is 1. The Labute approximate surface area is 168 Å². The van der Waals surface area contributed by atoms with Crippen LogP contribution in [-0.4, -0.2) is 26.5 Å². The van der Waals surface area contributed by atoms with Crippen LogP contribution in [0.1, 0.15) is 34.1 Å². The summed E-state index contributed by atoms with van der Waals surface area (Å²) < 4.78 is 39.3. The Bertz CT molecular complexity index is 1160. The van der Waals surface area contributed by atoms with E-state index in [2.05, 4.69) is 15.6 Å². The SMILES string of the molecule is CC(=NNC(=O)c1ccc(O)cc1)c1c(C)[nH]n(-c2ccc(C(F)(F)F)cc2)c1=O. The van der Waals surface area contributed by atoms with E-state index in [4.69, 9.17) is 0 Å². The predicted octanol–water partition coefficient (Wildman–Crippen LogP) is 3.35. The molecule has 2 aromatic carbocycles. The van der Waals surface area contributed by atoms with E-state index in [1.165, 1.54) is 43.3 Å². The van der Waals surface area contributed by atoms with Crippen molar-refractivity contribution in [2.24, 2.45) is 5.10 Å². The van der Waals surface area contributed by atoms with E-state index in [1.807, 2.05) is 0 Å². The number of halogens is 3. The molecule has 1 amide bonds. The fourth-order valence-electron chi connectivity index (χ4n) is 2.82. The maximum Gasteiger partial charge on any atom is 0.416 e. The zero-order chi connectivity index (χ0) is 22.1. The topological polar surface area (TPSA) is 99.5 Å². The van der Waals surface area contributed by atoms with Gasteiger partial charge in [-0.15, -0.1) is 0 Å². The summed E-state index contributed by atoms with van der Waals surface area (Å²) in [4.78, 5) is 24.9. The zero-order valence-corrected chi connectivity index (χ0v) is 15.9. The summed E-state index contributed by atoms with van der Waals surface area (Å²) in [5.74, 6) is -0.524. The van der Waals surface area contributed by atoms with E-state index in [0.717, 1.165) is 16.8 Å². The number of alkyl halides is 3. The van der Waals surface area contributed by atoms with Crippen molar-refractivity contribution in [3.05, 3.63) is 81.3 Å². The van der Waals surface area contributed by atoms with Crippen molar-refractivity contribution in [2.75, 3.05) is 0 Å². The van der Waals surface area contributed by atoms with Crippen molar-refractivity contribution in [2.45, 2.75) is 20.0 Å². The Balaban J connectivity index is 1.85. The number of rotatable bonds is 4. The number of hydrogen-bond acceptors (Lipinski definition) is 4. The normalized spacial score (nSPS) is 12.1. The van der Waals surface area contributed by atoms with Crippen LogP contribution in [0.3, 0.4) is 0 Å². The number of aromatic amines is 1. The standard InChI is InChI=1S/C20H17F3N4O3/c1-11(24-25-18(29)13-3-9-16(28)10-4-13)17-12(2)26-27(19(17)30)15-7-5-14(6-8-15)20(21,22)23/h3-10,26,28H,1-2H3,(H,25,29). The lowest BCUT2D eigenvalue weighted by Crippen LogP contribution is -2.23. The van der Waals surface area contributed by atoms with Crippen LogP contribution in [0.4, 0.5) is 13.2 Å². The third-order valence-electron chi connectivity index (χ3n) is 4.34. The molecule has 0 unspecified atom stereocenters. The van der Waals surface area contributed by atoms with Crippen LogP contribution in [0.5, 0.6) is 5.75 Å². The average molecular weight is 418 g/mol. The number of nitrogens with one attached hydrogen (secondary N) is 2. The van der Waals surface area contributed by atoms with E-state index in [-0.39, 0.29) is 28.3 Å². The Morgan fingerprint density at radius 3 is 2.27 bits per heavy atom. The van der Waals surface area contributed by atoms with E-state index < -0.39 is 23.2 Å². The number of carbonyl (C=O) groups is 1. The minimum absolute atomic E-state index is 0.0120. The highest BCUT2D eigenvalue weighted by atomic mass is 19.4. The van der Waals surface area contributed by atoms with Gasteiger partial charge in [0, 0.05) is 11.3 Å². The molecule has 0 aliphatic rings. The Kier molecular flexibility index (Phi) is 5.50. The van der Waals surface area contributed by atoms with Gasteiger partial charge in [0.2, 0.25) is 0 Å². The molecular weight excluding hydrogens is 401 g/mol. The lowest BCUT2D eigenvalue weighted by molar-refractivity contribution is -0.137. The van der Waals surface area contributed by atoms with Crippen LogP contribution in [0, 0.1) is 6.92 Å². The third-order valence-corrected chi connectivity index (χ3v) is 4.34. The highest BCUT2D eigenvalue weighted by molar-refractivity contribution is 6.01. The van der Waals surface area contributed by atoms with E-state index in [9.17, 15) is 27.9 Å². The minimum Gasteiger partial charge on any atom is -0.508 e. The Hall–Kier alpha value is -3.82. The van der Waals surface area contributed by atoms with Crippen molar-refractivity contribution >= 4 is 11.6 Å². The number of H-pyrrole nitrogens is 1. The van der Waals surface area contributed by atoms with Crippen molar-refractivity contribution in [3.8, 4) is 11.4 Å². The van der Waals surface area contributed by atoms with Gasteiger partial charge in [0.05, 0.1) is 22.5 Å². The van der Waals surface area contributed by atoms with Gasteiger partial charge >= 0.3 is 6.18 Å². The summed E-state index contributed by atoms with van der Waals surface area (Å²) in [6.45, 7) is 3.13. The molecule has 0 aliphatic carbocycles. The molecule has 3 rings (SSSR count). The molecule has 1 heterocycles. The molecule has 0 fully saturated rings. The zero-order valence-electron chi connectivity index (χ0n) is 15.9. The second-order valence-electron chi connectivity index (χ2n) is 6.48. The fourth-order valence-corrected chi connectivity index (χ4v) is 2.82. The number of carbonyl (C=O) groups excluding carboxylic acids is 1. The van der Waals surface area contributed by atoms with Crippen LogP contribution in [0.25, 0.3) is 5.69 Å². The van der Waals surface area contributed by atoms with Crippen LogP contribution in [0.2, 0.25) is 0 Å². The largest absolute Gasteiger partial charge is 0.508 e.